The molecule has 1 aromatic heterocycles. The average Bonchev–Trinajstić information content (AvgIpc) is 2.38. The lowest BCUT2D eigenvalue weighted by Gasteiger charge is -2.38. The molecule has 5 heteroatoms. The van der Waals surface area contributed by atoms with Crippen molar-refractivity contribution in [3.63, 3.8) is 0 Å². The predicted octanol–water partition coefficient (Wildman–Crippen LogP) is 2.08. The second kappa shape index (κ2) is 5.47. The third-order valence-electron chi connectivity index (χ3n) is 3.76. The van der Waals surface area contributed by atoms with Crippen LogP contribution in [-0.2, 0) is 4.74 Å². The monoisotopic (exact) mass is 263 g/mol. The van der Waals surface area contributed by atoms with Crippen LogP contribution >= 0.6 is 0 Å². The minimum atomic E-state index is -0.366. The van der Waals surface area contributed by atoms with Crippen molar-refractivity contribution in [2.24, 2.45) is 5.92 Å². The number of piperidine rings is 1. The van der Waals surface area contributed by atoms with E-state index in [1.165, 1.54) is 7.11 Å². The van der Waals surface area contributed by atoms with E-state index in [9.17, 15) is 4.79 Å². The average molecular weight is 263 g/mol. The summed E-state index contributed by atoms with van der Waals surface area (Å²) in [4.78, 5) is 18.2. The Morgan fingerprint density at radius 3 is 2.89 bits per heavy atom. The van der Waals surface area contributed by atoms with Gasteiger partial charge in [-0.25, -0.2) is 9.78 Å². The number of hydrogen-bond acceptors (Lipinski definition) is 5. The number of anilines is 2. The molecule has 0 amide bonds. The lowest BCUT2D eigenvalue weighted by atomic mass is 9.92. The molecule has 2 N–H and O–H groups in total. The van der Waals surface area contributed by atoms with Gasteiger partial charge in [0.15, 0.2) is 0 Å². The van der Waals surface area contributed by atoms with Crippen LogP contribution in [0.5, 0.6) is 0 Å². The van der Waals surface area contributed by atoms with Gasteiger partial charge < -0.3 is 15.4 Å². The molecule has 5 nitrogen and oxygen atoms in total. The fourth-order valence-corrected chi connectivity index (χ4v) is 2.73. The van der Waals surface area contributed by atoms with Gasteiger partial charge in [-0.3, -0.25) is 0 Å². The molecule has 104 valence electrons. The number of nitrogens with zero attached hydrogens (tertiary/aromatic N) is 2. The zero-order valence-corrected chi connectivity index (χ0v) is 11.7. The maximum Gasteiger partial charge on any atom is 0.340 e. The van der Waals surface area contributed by atoms with Crippen molar-refractivity contribution < 1.29 is 9.53 Å². The van der Waals surface area contributed by atoms with Crippen LogP contribution in [-0.4, -0.2) is 30.6 Å². The Hall–Kier alpha value is -1.78. The van der Waals surface area contributed by atoms with Crippen molar-refractivity contribution >= 4 is 17.5 Å². The number of hydrogen-bond donors (Lipinski definition) is 1. The molecular weight excluding hydrogens is 242 g/mol. The number of nitrogen functional groups attached to an aromatic ring is 1. The number of rotatable bonds is 2. The lowest BCUT2D eigenvalue weighted by molar-refractivity contribution is 0.0601. The number of methoxy groups -OCH3 is 1. The van der Waals surface area contributed by atoms with Gasteiger partial charge in [-0.1, -0.05) is 6.92 Å². The summed E-state index contributed by atoms with van der Waals surface area (Å²) in [5.74, 6) is 0.687. The summed E-state index contributed by atoms with van der Waals surface area (Å²) in [6.07, 6.45) is 3.91. The van der Waals surface area contributed by atoms with Crippen LogP contribution in [0.25, 0.3) is 0 Å². The molecule has 2 atom stereocenters. The Balaban J connectivity index is 2.36. The topological polar surface area (TPSA) is 68.5 Å². The van der Waals surface area contributed by atoms with Crippen LogP contribution in [0.1, 0.15) is 37.0 Å². The summed E-state index contributed by atoms with van der Waals surface area (Å²) >= 11 is 0. The Labute approximate surface area is 113 Å². The SMILES string of the molecule is COC(=O)c1cc(N)ncc1N1CCC(C)CC1C. The van der Waals surface area contributed by atoms with E-state index in [4.69, 9.17) is 10.5 Å². The highest BCUT2D eigenvalue weighted by Crippen LogP contribution is 2.30. The fourth-order valence-electron chi connectivity index (χ4n) is 2.73. The molecule has 1 saturated heterocycles. The Morgan fingerprint density at radius 2 is 2.26 bits per heavy atom. The largest absolute Gasteiger partial charge is 0.465 e. The van der Waals surface area contributed by atoms with Crippen LogP contribution in [0.4, 0.5) is 11.5 Å². The number of ether oxygens (including phenoxy) is 1. The van der Waals surface area contributed by atoms with Crippen LogP contribution in [0, 0.1) is 5.92 Å². The van der Waals surface area contributed by atoms with E-state index in [0.29, 0.717) is 17.4 Å². The number of carbonyl (C=O) groups excluding carboxylic acids is 1. The first-order valence-electron chi connectivity index (χ1n) is 6.63. The lowest BCUT2D eigenvalue weighted by Crippen LogP contribution is -2.41. The van der Waals surface area contributed by atoms with Crippen LogP contribution < -0.4 is 10.6 Å². The highest BCUT2D eigenvalue weighted by Gasteiger charge is 2.27. The van der Waals surface area contributed by atoms with Crippen LogP contribution in [0.2, 0.25) is 0 Å². The molecule has 1 fully saturated rings. The van der Waals surface area contributed by atoms with Crippen molar-refractivity contribution in [1.82, 2.24) is 4.98 Å². The van der Waals surface area contributed by atoms with E-state index >= 15 is 0 Å². The van der Waals surface area contributed by atoms with Gasteiger partial charge in [-0.2, -0.15) is 0 Å². The van der Waals surface area contributed by atoms with Gasteiger partial charge in [-0.15, -0.1) is 0 Å². The molecule has 2 heterocycles. The summed E-state index contributed by atoms with van der Waals surface area (Å²) < 4.78 is 4.83. The number of pyridine rings is 1. The van der Waals surface area contributed by atoms with E-state index in [-0.39, 0.29) is 5.97 Å². The molecule has 0 aromatic carbocycles. The highest BCUT2D eigenvalue weighted by molar-refractivity contribution is 5.96. The van der Waals surface area contributed by atoms with E-state index in [0.717, 1.165) is 31.0 Å². The van der Waals surface area contributed by atoms with Gasteiger partial charge in [0.25, 0.3) is 0 Å². The summed E-state index contributed by atoms with van der Waals surface area (Å²) in [6.45, 7) is 5.36. The number of carbonyl (C=O) groups is 1. The molecule has 1 aliphatic heterocycles. The summed E-state index contributed by atoms with van der Waals surface area (Å²) in [6, 6.07) is 1.98. The molecule has 19 heavy (non-hydrogen) atoms. The van der Waals surface area contributed by atoms with E-state index < -0.39 is 0 Å². The molecule has 0 spiro atoms. The highest BCUT2D eigenvalue weighted by atomic mass is 16.5. The minimum Gasteiger partial charge on any atom is -0.465 e. The molecule has 2 rings (SSSR count). The third kappa shape index (κ3) is 2.80. The Morgan fingerprint density at radius 1 is 1.53 bits per heavy atom. The van der Waals surface area contributed by atoms with Crippen molar-refractivity contribution in [2.75, 3.05) is 24.3 Å². The van der Waals surface area contributed by atoms with Gasteiger partial charge in [0.05, 0.1) is 24.6 Å². The quantitative estimate of drug-likeness (QED) is 0.827. The zero-order valence-electron chi connectivity index (χ0n) is 11.7. The van der Waals surface area contributed by atoms with Gasteiger partial charge in [0.2, 0.25) is 0 Å². The second-order valence-corrected chi connectivity index (χ2v) is 5.29. The smallest absolute Gasteiger partial charge is 0.340 e. The fraction of sp³-hybridized carbons (Fsp3) is 0.571. The van der Waals surface area contributed by atoms with E-state index in [1.54, 1.807) is 12.3 Å². The van der Waals surface area contributed by atoms with E-state index in [2.05, 4.69) is 23.7 Å². The first kappa shape index (κ1) is 13.6. The van der Waals surface area contributed by atoms with Crippen LogP contribution in [0.15, 0.2) is 12.3 Å². The second-order valence-electron chi connectivity index (χ2n) is 5.29. The third-order valence-corrected chi connectivity index (χ3v) is 3.76. The van der Waals surface area contributed by atoms with Crippen molar-refractivity contribution in [3.05, 3.63) is 17.8 Å². The minimum absolute atomic E-state index is 0.335. The normalized spacial score (nSPS) is 23.2. The molecule has 1 aromatic rings. The van der Waals surface area contributed by atoms with Crippen molar-refractivity contribution in [1.29, 1.82) is 0 Å². The molecule has 0 radical (unpaired) electrons. The molecule has 0 aliphatic carbocycles. The molecule has 2 unspecified atom stereocenters. The molecule has 1 aliphatic rings. The summed E-state index contributed by atoms with van der Waals surface area (Å²) in [5.41, 5.74) is 6.99. The van der Waals surface area contributed by atoms with Crippen molar-refractivity contribution in [2.45, 2.75) is 32.7 Å². The maximum atomic E-state index is 11.9. The van der Waals surface area contributed by atoms with Gasteiger partial charge >= 0.3 is 5.97 Å². The zero-order chi connectivity index (χ0) is 14.0. The molecular formula is C14H21N3O2. The number of esters is 1. The summed E-state index contributed by atoms with van der Waals surface area (Å²) in [7, 11) is 1.38. The number of nitrogens with two attached hydrogens (primary N) is 1. The Kier molecular flexibility index (Phi) is 3.93. The van der Waals surface area contributed by atoms with Crippen LogP contribution in [0.3, 0.4) is 0 Å². The van der Waals surface area contributed by atoms with Gasteiger partial charge in [0, 0.05) is 12.6 Å². The molecule has 0 bridgehead atoms. The van der Waals surface area contributed by atoms with Crippen molar-refractivity contribution in [3.8, 4) is 0 Å². The first-order chi connectivity index (χ1) is 9.02. The Bertz CT molecular complexity index is 476. The predicted molar refractivity (Wildman–Crippen MR) is 75.2 cm³/mol. The van der Waals surface area contributed by atoms with Gasteiger partial charge in [0.1, 0.15) is 5.82 Å². The summed E-state index contributed by atoms with van der Waals surface area (Å²) in [5, 5.41) is 0. The van der Waals surface area contributed by atoms with E-state index in [1.807, 2.05) is 0 Å². The number of aromatic nitrogens is 1. The standard InChI is InChI=1S/C14H21N3O2/c1-9-4-5-17(10(2)6-9)12-8-16-13(15)7-11(12)14(18)19-3/h7-10H,4-6H2,1-3H3,(H2,15,16). The maximum absolute atomic E-state index is 11.9. The molecule has 0 saturated carbocycles. The van der Waals surface area contributed by atoms with Gasteiger partial charge in [-0.05, 0) is 31.7 Å². The first-order valence-corrected chi connectivity index (χ1v) is 6.63.